The molecule has 5 heteroatoms. The van der Waals surface area contributed by atoms with Crippen LogP contribution < -0.4 is 20.9 Å². The molecule has 2 aromatic rings. The van der Waals surface area contributed by atoms with Gasteiger partial charge >= 0.3 is 0 Å². The second kappa shape index (κ2) is 8.29. The minimum Gasteiger partial charge on any atom is -0.492 e. The zero-order valence-electron chi connectivity index (χ0n) is 13.8. The summed E-state index contributed by atoms with van der Waals surface area (Å²) in [6.45, 7) is 7.99. The van der Waals surface area contributed by atoms with E-state index in [1.807, 2.05) is 24.3 Å². The van der Waals surface area contributed by atoms with E-state index in [-0.39, 0.29) is 0 Å². The molecule has 0 aliphatic carbocycles. The van der Waals surface area contributed by atoms with Crippen molar-refractivity contribution in [2.24, 2.45) is 0 Å². The van der Waals surface area contributed by atoms with Gasteiger partial charge in [-0.3, -0.25) is 0 Å². The van der Waals surface area contributed by atoms with Gasteiger partial charge in [0.1, 0.15) is 23.9 Å². The molecule has 124 valence electrons. The molecule has 0 aromatic heterocycles. The Balaban J connectivity index is 1.87. The molecule has 23 heavy (non-hydrogen) atoms. The zero-order valence-corrected chi connectivity index (χ0v) is 13.8. The summed E-state index contributed by atoms with van der Waals surface area (Å²) in [6.07, 6.45) is 0. The molecule has 2 rings (SSSR count). The molecular formula is C18H25N3O2. The fourth-order valence-corrected chi connectivity index (χ4v) is 2.19. The number of hydrogen-bond acceptors (Lipinski definition) is 5. The van der Waals surface area contributed by atoms with Crippen molar-refractivity contribution in [2.45, 2.75) is 13.8 Å². The molecule has 0 radical (unpaired) electrons. The Morgan fingerprint density at radius 3 is 2.04 bits per heavy atom. The molecule has 0 unspecified atom stereocenters. The molecule has 0 amide bonds. The van der Waals surface area contributed by atoms with Crippen molar-refractivity contribution in [3.63, 3.8) is 0 Å². The summed E-state index contributed by atoms with van der Waals surface area (Å²) in [7, 11) is 0. The Morgan fingerprint density at radius 1 is 0.826 bits per heavy atom. The summed E-state index contributed by atoms with van der Waals surface area (Å²) < 4.78 is 11.5. The maximum atomic E-state index is 5.77. The van der Waals surface area contributed by atoms with E-state index >= 15 is 0 Å². The molecule has 0 aliphatic heterocycles. The highest BCUT2D eigenvalue weighted by atomic mass is 16.5. The predicted molar refractivity (Wildman–Crippen MR) is 95.1 cm³/mol. The first-order valence-corrected chi connectivity index (χ1v) is 7.90. The number of hydrogen-bond donors (Lipinski definition) is 2. The van der Waals surface area contributed by atoms with Gasteiger partial charge in [-0.25, -0.2) is 0 Å². The van der Waals surface area contributed by atoms with Crippen LogP contribution in [-0.2, 0) is 0 Å². The van der Waals surface area contributed by atoms with Crippen LogP contribution in [0.1, 0.15) is 13.8 Å². The lowest BCUT2D eigenvalue weighted by atomic mass is 10.2. The zero-order chi connectivity index (χ0) is 16.7. The molecule has 0 spiro atoms. The summed E-state index contributed by atoms with van der Waals surface area (Å²) in [5.41, 5.74) is 12.5. The number of benzene rings is 2. The van der Waals surface area contributed by atoms with Crippen molar-refractivity contribution in [3.05, 3.63) is 42.5 Å². The van der Waals surface area contributed by atoms with Crippen molar-refractivity contribution in [3.8, 4) is 17.2 Å². The van der Waals surface area contributed by atoms with Crippen molar-refractivity contribution in [2.75, 3.05) is 37.7 Å². The average Bonchev–Trinajstić information content (AvgIpc) is 2.56. The summed E-state index contributed by atoms with van der Waals surface area (Å²) in [5.74, 6) is 2.22. The van der Waals surface area contributed by atoms with Gasteiger partial charge in [-0.2, -0.15) is 0 Å². The molecule has 0 fully saturated rings. The third-order valence-electron chi connectivity index (χ3n) is 3.69. The minimum atomic E-state index is 0.513. The summed E-state index contributed by atoms with van der Waals surface area (Å²) >= 11 is 0. The predicted octanol–water partition coefficient (Wildman–Crippen LogP) is 3.36. The van der Waals surface area contributed by atoms with Gasteiger partial charge in [-0.15, -0.1) is 0 Å². The second-order valence-corrected chi connectivity index (χ2v) is 5.24. The maximum Gasteiger partial charge on any atom is 0.129 e. The van der Waals surface area contributed by atoms with Crippen LogP contribution in [0.4, 0.5) is 11.4 Å². The van der Waals surface area contributed by atoms with Gasteiger partial charge in [0.25, 0.3) is 0 Å². The van der Waals surface area contributed by atoms with Crippen molar-refractivity contribution >= 4 is 11.4 Å². The Labute approximate surface area is 137 Å². The highest BCUT2D eigenvalue weighted by Gasteiger charge is 2.02. The van der Waals surface area contributed by atoms with Gasteiger partial charge in [0.15, 0.2) is 0 Å². The van der Waals surface area contributed by atoms with E-state index in [9.17, 15) is 0 Å². The lowest BCUT2D eigenvalue weighted by Crippen LogP contribution is -2.27. The molecular weight excluding hydrogens is 290 g/mol. The van der Waals surface area contributed by atoms with Crippen LogP contribution in [0.2, 0.25) is 0 Å². The van der Waals surface area contributed by atoms with Crippen molar-refractivity contribution in [1.82, 2.24) is 4.90 Å². The van der Waals surface area contributed by atoms with Gasteiger partial charge < -0.3 is 25.8 Å². The molecule has 0 saturated carbocycles. The van der Waals surface area contributed by atoms with Crippen LogP contribution in [0.15, 0.2) is 42.5 Å². The van der Waals surface area contributed by atoms with Gasteiger partial charge in [-0.1, -0.05) is 13.8 Å². The quantitative estimate of drug-likeness (QED) is 0.731. The lowest BCUT2D eigenvalue weighted by molar-refractivity contribution is 0.222. The Kier molecular flexibility index (Phi) is 6.11. The summed E-state index contributed by atoms with van der Waals surface area (Å²) in [4.78, 5) is 2.32. The van der Waals surface area contributed by atoms with Crippen LogP contribution >= 0.6 is 0 Å². The number of nitrogens with zero attached hydrogens (tertiary/aromatic N) is 1. The van der Waals surface area contributed by atoms with Gasteiger partial charge in [-0.05, 0) is 49.5 Å². The topological polar surface area (TPSA) is 73.7 Å². The number of nitrogen functional groups attached to an aromatic ring is 2. The first kappa shape index (κ1) is 17.0. The first-order chi connectivity index (χ1) is 11.1. The highest BCUT2D eigenvalue weighted by molar-refractivity contribution is 5.65. The monoisotopic (exact) mass is 315 g/mol. The normalized spacial score (nSPS) is 10.7. The van der Waals surface area contributed by atoms with Crippen LogP contribution in [0.25, 0.3) is 0 Å². The maximum absolute atomic E-state index is 5.77. The van der Waals surface area contributed by atoms with E-state index in [4.69, 9.17) is 20.9 Å². The number of likely N-dealkylation sites (N-methyl/N-ethyl adjacent to an activating group) is 1. The smallest absolute Gasteiger partial charge is 0.129 e. The Bertz CT molecular complexity index is 610. The molecule has 5 nitrogen and oxygen atoms in total. The Hall–Kier alpha value is -2.40. The minimum absolute atomic E-state index is 0.513. The molecule has 0 bridgehead atoms. The molecule has 0 aliphatic rings. The number of anilines is 2. The molecule has 0 heterocycles. The summed E-state index contributed by atoms with van der Waals surface area (Å²) in [5, 5.41) is 0. The van der Waals surface area contributed by atoms with Crippen molar-refractivity contribution < 1.29 is 9.47 Å². The first-order valence-electron chi connectivity index (χ1n) is 7.90. The second-order valence-electron chi connectivity index (χ2n) is 5.24. The SMILES string of the molecule is CCN(CC)CCOc1ccc(Oc2ccc(N)c(N)c2)cc1. The molecule has 4 N–H and O–H groups in total. The van der Waals surface area contributed by atoms with E-state index in [2.05, 4.69) is 18.7 Å². The van der Waals surface area contributed by atoms with Gasteiger partial charge in [0.2, 0.25) is 0 Å². The largest absolute Gasteiger partial charge is 0.492 e. The van der Waals surface area contributed by atoms with E-state index in [1.54, 1.807) is 18.2 Å². The van der Waals surface area contributed by atoms with Crippen LogP contribution in [0.3, 0.4) is 0 Å². The van der Waals surface area contributed by atoms with Crippen LogP contribution in [-0.4, -0.2) is 31.1 Å². The standard InChI is InChI=1S/C18H25N3O2/c1-3-21(4-2)11-12-22-14-5-7-15(8-6-14)23-16-9-10-17(19)18(20)13-16/h5-10,13H,3-4,11-12,19-20H2,1-2H3. The molecule has 2 aromatic carbocycles. The van der Waals surface area contributed by atoms with E-state index in [1.165, 1.54) is 0 Å². The van der Waals surface area contributed by atoms with E-state index < -0.39 is 0 Å². The third-order valence-corrected chi connectivity index (χ3v) is 3.69. The fourth-order valence-electron chi connectivity index (χ4n) is 2.19. The molecule has 0 saturated heterocycles. The van der Waals surface area contributed by atoms with Gasteiger partial charge in [0.05, 0.1) is 11.4 Å². The van der Waals surface area contributed by atoms with Crippen LogP contribution in [0.5, 0.6) is 17.2 Å². The fraction of sp³-hybridized carbons (Fsp3) is 0.333. The number of ether oxygens (including phenoxy) is 2. The number of nitrogens with two attached hydrogens (primary N) is 2. The number of rotatable bonds is 8. The van der Waals surface area contributed by atoms with E-state index in [0.717, 1.165) is 31.1 Å². The van der Waals surface area contributed by atoms with Crippen LogP contribution in [0, 0.1) is 0 Å². The Morgan fingerprint density at radius 2 is 1.43 bits per heavy atom. The van der Waals surface area contributed by atoms with Crippen molar-refractivity contribution in [1.29, 1.82) is 0 Å². The van der Waals surface area contributed by atoms with E-state index in [0.29, 0.717) is 23.7 Å². The van der Waals surface area contributed by atoms with Gasteiger partial charge in [0, 0.05) is 12.6 Å². The summed E-state index contributed by atoms with van der Waals surface area (Å²) in [6, 6.07) is 12.8. The molecule has 0 atom stereocenters. The highest BCUT2D eigenvalue weighted by Crippen LogP contribution is 2.27. The third kappa shape index (κ3) is 5.07. The average molecular weight is 315 g/mol. The lowest BCUT2D eigenvalue weighted by Gasteiger charge is -2.18.